The molecule has 1 unspecified atom stereocenters. The number of cyclic esters (lactones) is 1. The zero-order valence-electron chi connectivity index (χ0n) is 7.41. The molecule has 1 N–H and O–H groups in total. The summed E-state index contributed by atoms with van der Waals surface area (Å²) in [6.07, 6.45) is -0.117. The monoisotopic (exact) mass is 177 g/mol. The summed E-state index contributed by atoms with van der Waals surface area (Å²) in [5.41, 5.74) is 1.68. The van der Waals surface area contributed by atoms with Gasteiger partial charge in [0, 0.05) is 12.1 Å². The molecule has 1 aliphatic rings. The molecule has 1 heterocycles. The molecule has 0 saturated heterocycles. The van der Waals surface area contributed by atoms with Crippen LogP contribution in [0.2, 0.25) is 0 Å². The van der Waals surface area contributed by atoms with Crippen LogP contribution in [0.25, 0.3) is 0 Å². The molecule has 0 bridgehead atoms. The highest BCUT2D eigenvalue weighted by molar-refractivity contribution is 5.93. The molecular weight excluding hydrogens is 166 g/mol. The molecule has 1 aliphatic heterocycles. The highest BCUT2D eigenvalue weighted by atomic mass is 16.5. The van der Waals surface area contributed by atoms with E-state index in [4.69, 9.17) is 4.74 Å². The zero-order chi connectivity index (χ0) is 9.26. The minimum atomic E-state index is -0.212. The SMILES string of the molecule is CNCC1OC(=O)c2ccccc21. The van der Waals surface area contributed by atoms with Crippen LogP contribution in [0.1, 0.15) is 22.0 Å². The number of benzene rings is 1. The highest BCUT2D eigenvalue weighted by Gasteiger charge is 2.29. The topological polar surface area (TPSA) is 38.3 Å². The van der Waals surface area contributed by atoms with Gasteiger partial charge >= 0.3 is 5.97 Å². The lowest BCUT2D eigenvalue weighted by Crippen LogP contribution is -2.16. The van der Waals surface area contributed by atoms with Crippen molar-refractivity contribution in [1.29, 1.82) is 0 Å². The molecule has 1 atom stereocenters. The number of fused-ring (bicyclic) bond motifs is 1. The van der Waals surface area contributed by atoms with E-state index in [2.05, 4.69) is 5.32 Å². The van der Waals surface area contributed by atoms with E-state index < -0.39 is 0 Å². The Balaban J connectivity index is 2.36. The van der Waals surface area contributed by atoms with Crippen molar-refractivity contribution in [2.45, 2.75) is 6.10 Å². The Hall–Kier alpha value is -1.35. The van der Waals surface area contributed by atoms with Crippen molar-refractivity contribution in [2.75, 3.05) is 13.6 Å². The molecule has 0 saturated carbocycles. The molecular formula is C10H11NO2. The van der Waals surface area contributed by atoms with Crippen molar-refractivity contribution < 1.29 is 9.53 Å². The highest BCUT2D eigenvalue weighted by Crippen LogP contribution is 2.29. The minimum absolute atomic E-state index is 0.117. The normalized spacial score (nSPS) is 19.8. The number of likely N-dealkylation sites (N-methyl/N-ethyl adjacent to an activating group) is 1. The van der Waals surface area contributed by atoms with Gasteiger partial charge in [0.1, 0.15) is 6.10 Å². The smallest absolute Gasteiger partial charge is 0.339 e. The molecule has 0 aliphatic carbocycles. The number of ether oxygens (including phenoxy) is 1. The second-order valence-electron chi connectivity index (χ2n) is 3.04. The maximum Gasteiger partial charge on any atom is 0.339 e. The molecule has 3 heteroatoms. The van der Waals surface area contributed by atoms with Crippen molar-refractivity contribution in [3.8, 4) is 0 Å². The van der Waals surface area contributed by atoms with Crippen LogP contribution in [0.5, 0.6) is 0 Å². The van der Waals surface area contributed by atoms with Gasteiger partial charge in [0.2, 0.25) is 0 Å². The Bertz CT molecular complexity index is 335. The number of hydrogen-bond acceptors (Lipinski definition) is 3. The molecule has 2 rings (SSSR count). The summed E-state index contributed by atoms with van der Waals surface area (Å²) in [6, 6.07) is 7.50. The Kier molecular flexibility index (Phi) is 2.02. The van der Waals surface area contributed by atoms with Gasteiger partial charge in [-0.3, -0.25) is 0 Å². The molecule has 13 heavy (non-hydrogen) atoms. The van der Waals surface area contributed by atoms with E-state index in [1.54, 1.807) is 6.07 Å². The van der Waals surface area contributed by atoms with Crippen LogP contribution in [-0.2, 0) is 4.74 Å². The van der Waals surface area contributed by atoms with Crippen LogP contribution in [0.4, 0.5) is 0 Å². The van der Waals surface area contributed by atoms with Gasteiger partial charge < -0.3 is 10.1 Å². The Morgan fingerprint density at radius 2 is 2.23 bits per heavy atom. The minimum Gasteiger partial charge on any atom is -0.452 e. The van der Waals surface area contributed by atoms with Crippen LogP contribution >= 0.6 is 0 Å². The Morgan fingerprint density at radius 3 is 3.00 bits per heavy atom. The number of carbonyl (C=O) groups excluding carboxylic acids is 1. The van der Waals surface area contributed by atoms with Crippen LogP contribution in [-0.4, -0.2) is 19.6 Å². The Morgan fingerprint density at radius 1 is 1.46 bits per heavy atom. The summed E-state index contributed by atoms with van der Waals surface area (Å²) in [6.45, 7) is 0.669. The maximum absolute atomic E-state index is 11.3. The molecule has 0 radical (unpaired) electrons. The molecule has 0 amide bonds. The molecule has 0 aromatic heterocycles. The average molecular weight is 177 g/mol. The van der Waals surface area contributed by atoms with Gasteiger partial charge in [-0.15, -0.1) is 0 Å². The summed E-state index contributed by atoms with van der Waals surface area (Å²) in [5.74, 6) is -0.212. The summed E-state index contributed by atoms with van der Waals surface area (Å²) >= 11 is 0. The molecule has 1 aromatic rings. The fraction of sp³-hybridized carbons (Fsp3) is 0.300. The van der Waals surface area contributed by atoms with Crippen LogP contribution in [0, 0.1) is 0 Å². The summed E-state index contributed by atoms with van der Waals surface area (Å²) in [7, 11) is 1.84. The molecule has 0 spiro atoms. The molecule has 68 valence electrons. The number of carbonyl (C=O) groups is 1. The first-order valence-corrected chi connectivity index (χ1v) is 4.27. The second-order valence-corrected chi connectivity index (χ2v) is 3.04. The number of hydrogen-bond donors (Lipinski definition) is 1. The predicted octanol–water partition coefficient (Wildman–Crippen LogP) is 1.12. The van der Waals surface area contributed by atoms with E-state index in [0.29, 0.717) is 12.1 Å². The maximum atomic E-state index is 11.3. The lowest BCUT2D eigenvalue weighted by molar-refractivity contribution is 0.0390. The van der Waals surface area contributed by atoms with Crippen molar-refractivity contribution in [3.63, 3.8) is 0 Å². The van der Waals surface area contributed by atoms with Crippen molar-refractivity contribution in [3.05, 3.63) is 35.4 Å². The van der Waals surface area contributed by atoms with Gasteiger partial charge in [-0.2, -0.15) is 0 Å². The van der Waals surface area contributed by atoms with Gasteiger partial charge in [-0.25, -0.2) is 4.79 Å². The van der Waals surface area contributed by atoms with Crippen LogP contribution in [0.15, 0.2) is 24.3 Å². The number of nitrogens with one attached hydrogen (secondary N) is 1. The quantitative estimate of drug-likeness (QED) is 0.688. The fourth-order valence-corrected chi connectivity index (χ4v) is 1.56. The van der Waals surface area contributed by atoms with Gasteiger partial charge in [0.25, 0.3) is 0 Å². The lowest BCUT2D eigenvalue weighted by Gasteiger charge is -2.08. The van der Waals surface area contributed by atoms with Crippen molar-refractivity contribution in [1.82, 2.24) is 5.32 Å². The van der Waals surface area contributed by atoms with Gasteiger partial charge in [-0.1, -0.05) is 18.2 Å². The zero-order valence-corrected chi connectivity index (χ0v) is 7.41. The first kappa shape index (κ1) is 8.26. The van der Waals surface area contributed by atoms with Gasteiger partial charge in [-0.05, 0) is 13.1 Å². The molecule has 1 aromatic carbocycles. The Labute approximate surface area is 76.7 Å². The van der Waals surface area contributed by atoms with Crippen LogP contribution < -0.4 is 5.32 Å². The van der Waals surface area contributed by atoms with E-state index >= 15 is 0 Å². The number of rotatable bonds is 2. The van der Waals surface area contributed by atoms with Crippen molar-refractivity contribution in [2.24, 2.45) is 0 Å². The van der Waals surface area contributed by atoms with E-state index in [1.165, 1.54) is 0 Å². The van der Waals surface area contributed by atoms with Crippen molar-refractivity contribution >= 4 is 5.97 Å². The summed E-state index contributed by atoms with van der Waals surface area (Å²) < 4.78 is 5.17. The van der Waals surface area contributed by atoms with E-state index in [9.17, 15) is 4.79 Å². The third-order valence-corrected chi connectivity index (χ3v) is 2.17. The van der Waals surface area contributed by atoms with Gasteiger partial charge in [0.15, 0.2) is 0 Å². The van der Waals surface area contributed by atoms with E-state index in [-0.39, 0.29) is 12.1 Å². The average Bonchev–Trinajstić information content (AvgIpc) is 2.46. The predicted molar refractivity (Wildman–Crippen MR) is 48.5 cm³/mol. The molecule has 3 nitrogen and oxygen atoms in total. The van der Waals surface area contributed by atoms with E-state index in [0.717, 1.165) is 5.56 Å². The third kappa shape index (κ3) is 1.31. The summed E-state index contributed by atoms with van der Waals surface area (Å²) in [5, 5.41) is 2.99. The number of esters is 1. The first-order valence-electron chi connectivity index (χ1n) is 4.27. The molecule has 0 fully saturated rings. The fourth-order valence-electron chi connectivity index (χ4n) is 1.56. The second kappa shape index (κ2) is 3.18. The standard InChI is InChI=1S/C10H11NO2/c1-11-6-9-7-4-2-3-5-8(7)10(12)13-9/h2-5,9,11H,6H2,1H3. The van der Waals surface area contributed by atoms with Gasteiger partial charge in [0.05, 0.1) is 5.56 Å². The van der Waals surface area contributed by atoms with Crippen LogP contribution in [0.3, 0.4) is 0 Å². The largest absolute Gasteiger partial charge is 0.452 e. The summed E-state index contributed by atoms with van der Waals surface area (Å²) in [4.78, 5) is 11.3. The van der Waals surface area contributed by atoms with E-state index in [1.807, 2.05) is 25.2 Å². The lowest BCUT2D eigenvalue weighted by atomic mass is 10.1. The third-order valence-electron chi connectivity index (χ3n) is 2.17. The first-order chi connectivity index (χ1) is 6.33.